The minimum Gasteiger partial charge on any atom is -0.310 e. The maximum absolute atomic E-state index is 13.2. The van der Waals surface area contributed by atoms with Crippen molar-refractivity contribution in [3.63, 3.8) is 0 Å². The highest BCUT2D eigenvalue weighted by Crippen LogP contribution is 2.36. The minimum absolute atomic E-state index is 0.00292. The van der Waals surface area contributed by atoms with Crippen LogP contribution in [0.1, 0.15) is 23.3 Å². The molecule has 1 N–H and O–H groups in total. The first-order valence-corrected chi connectivity index (χ1v) is 11.4. The number of amides is 1. The number of hydrogen-bond donors (Lipinski definition) is 1. The molecule has 1 aromatic carbocycles. The molecular formula is C19H22ClN5O4S. The quantitative estimate of drug-likeness (QED) is 0.763. The fourth-order valence-corrected chi connectivity index (χ4v) is 5.64. The summed E-state index contributed by atoms with van der Waals surface area (Å²) in [7, 11) is -1.85. The first-order chi connectivity index (χ1) is 14.2. The fourth-order valence-electron chi connectivity index (χ4n) is 3.71. The molecule has 30 heavy (non-hydrogen) atoms. The van der Waals surface area contributed by atoms with Crippen molar-refractivity contribution in [3.05, 3.63) is 28.9 Å². The molecule has 0 aliphatic carbocycles. The third-order valence-corrected chi connectivity index (χ3v) is 7.80. The minimum atomic E-state index is -3.80. The molecule has 9 nitrogen and oxygen atoms in total. The van der Waals surface area contributed by atoms with Crippen molar-refractivity contribution in [3.8, 4) is 11.1 Å². The summed E-state index contributed by atoms with van der Waals surface area (Å²) in [6.07, 6.45) is 0.132. The van der Waals surface area contributed by atoms with Crippen LogP contribution in [0.3, 0.4) is 0 Å². The molecule has 4 rings (SSSR count). The number of nitrogens with one attached hydrogen (secondary N) is 1. The van der Waals surface area contributed by atoms with E-state index in [-0.39, 0.29) is 40.4 Å². The topological polar surface area (TPSA) is 105 Å². The van der Waals surface area contributed by atoms with Gasteiger partial charge in [0, 0.05) is 44.6 Å². The Morgan fingerprint density at radius 1 is 1.10 bits per heavy atom. The highest BCUT2D eigenvalue weighted by molar-refractivity contribution is 7.89. The number of fused-ring (bicyclic) bond motifs is 1. The van der Waals surface area contributed by atoms with Gasteiger partial charge in [-0.25, -0.2) is 8.42 Å². The monoisotopic (exact) mass is 451 g/mol. The number of aryl methyl sites for hydroxylation is 1. The SMILES string of the molecule is Cc1nn2c(c1-c1ccc(Cl)c(S(=O)(=O)N3CCN(C)CC3)c1)NC(=O)CCC2=O. The fraction of sp³-hybridized carbons (Fsp3) is 0.421. The molecule has 0 spiro atoms. The maximum atomic E-state index is 13.2. The molecule has 2 aromatic rings. The van der Waals surface area contributed by atoms with Crippen LogP contribution in [0.25, 0.3) is 11.1 Å². The maximum Gasteiger partial charge on any atom is 0.249 e. The second-order valence-corrected chi connectivity index (χ2v) is 9.83. The lowest BCUT2D eigenvalue weighted by Gasteiger charge is -2.31. The van der Waals surface area contributed by atoms with Gasteiger partial charge in [0.05, 0.1) is 10.7 Å². The number of rotatable bonds is 3. The van der Waals surface area contributed by atoms with Crippen LogP contribution in [0.4, 0.5) is 5.82 Å². The van der Waals surface area contributed by atoms with E-state index in [2.05, 4.69) is 15.3 Å². The molecule has 0 radical (unpaired) electrons. The average Bonchev–Trinajstić information content (AvgIpc) is 2.95. The second-order valence-electron chi connectivity index (χ2n) is 7.52. The number of piperazine rings is 1. The number of aromatic nitrogens is 2. The Kier molecular flexibility index (Phi) is 5.43. The first-order valence-electron chi connectivity index (χ1n) is 9.60. The van der Waals surface area contributed by atoms with Gasteiger partial charge in [-0.3, -0.25) is 9.59 Å². The molecule has 2 aliphatic rings. The summed E-state index contributed by atoms with van der Waals surface area (Å²) in [5.74, 6) is -0.329. The van der Waals surface area contributed by atoms with E-state index in [0.29, 0.717) is 43.0 Å². The van der Waals surface area contributed by atoms with Crippen LogP contribution in [0.15, 0.2) is 23.1 Å². The Morgan fingerprint density at radius 3 is 2.50 bits per heavy atom. The summed E-state index contributed by atoms with van der Waals surface area (Å²) in [4.78, 5) is 26.5. The predicted molar refractivity (Wildman–Crippen MR) is 112 cm³/mol. The van der Waals surface area contributed by atoms with Crippen molar-refractivity contribution in [2.75, 3.05) is 38.5 Å². The Labute approximate surface area is 179 Å². The van der Waals surface area contributed by atoms with E-state index in [4.69, 9.17) is 11.6 Å². The van der Waals surface area contributed by atoms with Gasteiger partial charge in [0.1, 0.15) is 10.7 Å². The van der Waals surface area contributed by atoms with Crippen LogP contribution in [0.2, 0.25) is 5.02 Å². The number of benzene rings is 1. The number of halogens is 1. The molecule has 3 heterocycles. The van der Waals surface area contributed by atoms with Gasteiger partial charge in [0.2, 0.25) is 21.8 Å². The number of sulfonamides is 1. The summed E-state index contributed by atoms with van der Waals surface area (Å²) < 4.78 is 29.1. The van der Waals surface area contributed by atoms with Gasteiger partial charge in [-0.05, 0) is 31.7 Å². The van der Waals surface area contributed by atoms with Crippen molar-refractivity contribution < 1.29 is 18.0 Å². The molecule has 1 saturated heterocycles. The zero-order chi connectivity index (χ0) is 21.6. The highest BCUT2D eigenvalue weighted by Gasteiger charge is 2.31. The molecule has 160 valence electrons. The third kappa shape index (κ3) is 3.64. The molecule has 1 aromatic heterocycles. The van der Waals surface area contributed by atoms with Crippen molar-refractivity contribution >= 4 is 39.3 Å². The summed E-state index contributed by atoms with van der Waals surface area (Å²) >= 11 is 6.28. The van der Waals surface area contributed by atoms with Gasteiger partial charge in [-0.15, -0.1) is 0 Å². The average molecular weight is 452 g/mol. The Balaban J connectivity index is 1.80. The molecule has 0 bridgehead atoms. The van der Waals surface area contributed by atoms with Gasteiger partial charge in [0.25, 0.3) is 0 Å². The number of likely N-dealkylation sites (N-methyl/N-ethyl adjacent to an activating group) is 1. The second kappa shape index (κ2) is 7.77. The largest absolute Gasteiger partial charge is 0.310 e. The molecule has 2 aliphatic heterocycles. The zero-order valence-electron chi connectivity index (χ0n) is 16.7. The lowest BCUT2D eigenvalue weighted by Crippen LogP contribution is -2.47. The highest BCUT2D eigenvalue weighted by atomic mass is 35.5. The first kappa shape index (κ1) is 21.0. The Hall–Kier alpha value is -2.27. The predicted octanol–water partition coefficient (Wildman–Crippen LogP) is 1.82. The molecule has 0 saturated carbocycles. The van der Waals surface area contributed by atoms with Crippen molar-refractivity contribution in [2.45, 2.75) is 24.7 Å². The van der Waals surface area contributed by atoms with Crippen LogP contribution >= 0.6 is 11.6 Å². The summed E-state index contributed by atoms with van der Waals surface area (Å²) in [6.45, 7) is 3.75. The molecule has 1 fully saturated rings. The number of carbonyl (C=O) groups is 2. The molecule has 0 atom stereocenters. The van der Waals surface area contributed by atoms with Crippen LogP contribution in [0.5, 0.6) is 0 Å². The lowest BCUT2D eigenvalue weighted by atomic mass is 10.1. The van der Waals surface area contributed by atoms with Crippen LogP contribution in [0, 0.1) is 6.92 Å². The molecular weight excluding hydrogens is 430 g/mol. The van der Waals surface area contributed by atoms with E-state index in [1.165, 1.54) is 21.1 Å². The summed E-state index contributed by atoms with van der Waals surface area (Å²) in [6, 6.07) is 4.67. The van der Waals surface area contributed by atoms with E-state index in [9.17, 15) is 18.0 Å². The van der Waals surface area contributed by atoms with Gasteiger partial charge in [-0.1, -0.05) is 17.7 Å². The molecule has 1 amide bonds. The lowest BCUT2D eigenvalue weighted by molar-refractivity contribution is -0.116. The number of hydrogen-bond acceptors (Lipinski definition) is 6. The Morgan fingerprint density at radius 2 is 1.80 bits per heavy atom. The van der Waals surface area contributed by atoms with Crippen LogP contribution in [-0.4, -0.2) is 72.4 Å². The van der Waals surface area contributed by atoms with E-state index >= 15 is 0 Å². The Bertz CT molecular complexity index is 1140. The molecule has 11 heteroatoms. The van der Waals surface area contributed by atoms with Crippen molar-refractivity contribution in [2.24, 2.45) is 0 Å². The number of carbonyl (C=O) groups excluding carboxylic acids is 2. The standard InChI is InChI=1S/C19H22ClN5O4S/c1-12-18(19-21-16(26)5-6-17(27)25(19)22-12)13-3-4-14(20)15(11-13)30(28,29)24-9-7-23(2)8-10-24/h3-4,11H,5-10H2,1-2H3,(H,21,26). The van der Waals surface area contributed by atoms with Crippen molar-refractivity contribution in [1.82, 2.24) is 19.0 Å². The van der Waals surface area contributed by atoms with Gasteiger partial charge >= 0.3 is 0 Å². The number of nitrogens with zero attached hydrogens (tertiary/aromatic N) is 4. The van der Waals surface area contributed by atoms with E-state index in [0.717, 1.165) is 0 Å². The smallest absolute Gasteiger partial charge is 0.249 e. The van der Waals surface area contributed by atoms with Crippen molar-refractivity contribution in [1.29, 1.82) is 0 Å². The van der Waals surface area contributed by atoms with Gasteiger partial charge in [0.15, 0.2) is 0 Å². The van der Waals surface area contributed by atoms with Crippen LogP contribution < -0.4 is 5.32 Å². The molecule has 0 unspecified atom stereocenters. The third-order valence-electron chi connectivity index (χ3n) is 5.42. The number of anilines is 1. The summed E-state index contributed by atoms with van der Waals surface area (Å²) in [5, 5.41) is 7.11. The van der Waals surface area contributed by atoms with Gasteiger partial charge < -0.3 is 10.2 Å². The summed E-state index contributed by atoms with van der Waals surface area (Å²) in [5.41, 5.74) is 1.52. The van der Waals surface area contributed by atoms with Gasteiger partial charge in [-0.2, -0.15) is 14.1 Å². The normalized spacial score (nSPS) is 18.8. The van der Waals surface area contributed by atoms with E-state index < -0.39 is 10.0 Å². The van der Waals surface area contributed by atoms with E-state index in [1.54, 1.807) is 13.0 Å². The van der Waals surface area contributed by atoms with Crippen LogP contribution in [-0.2, 0) is 14.8 Å². The van der Waals surface area contributed by atoms with E-state index in [1.807, 2.05) is 7.05 Å². The zero-order valence-corrected chi connectivity index (χ0v) is 18.3.